The zero-order valence-electron chi connectivity index (χ0n) is 7.69. The van der Waals surface area contributed by atoms with Gasteiger partial charge in [-0.25, -0.2) is 0 Å². The van der Waals surface area contributed by atoms with Gasteiger partial charge in [0.1, 0.15) is 0 Å². The van der Waals surface area contributed by atoms with Gasteiger partial charge in [0, 0.05) is 19.2 Å². The van der Waals surface area contributed by atoms with E-state index in [2.05, 4.69) is 12.1 Å². The van der Waals surface area contributed by atoms with Gasteiger partial charge in [0.2, 0.25) is 0 Å². The Labute approximate surface area is 98.0 Å². The molecule has 0 spiro atoms. The van der Waals surface area contributed by atoms with Gasteiger partial charge in [-0.05, 0) is 12.1 Å². The molecule has 5 heteroatoms. The molecule has 0 aliphatic heterocycles. The molecule has 3 aromatic rings. The highest BCUT2D eigenvalue weighted by Crippen LogP contribution is 2.43. The van der Waals surface area contributed by atoms with Crippen molar-refractivity contribution in [2.24, 2.45) is 0 Å². The Morgan fingerprint density at radius 1 is 0.800 bits per heavy atom. The normalized spacial score (nSPS) is 11.9. The van der Waals surface area contributed by atoms with Crippen molar-refractivity contribution in [3.8, 4) is 0 Å². The summed E-state index contributed by atoms with van der Waals surface area (Å²) in [7, 11) is 0. The van der Waals surface area contributed by atoms with E-state index < -0.39 is 0 Å². The van der Waals surface area contributed by atoms with Crippen LogP contribution in [0.1, 0.15) is 9.75 Å². The average molecular weight is 256 g/mol. The molecule has 2 N–H and O–H groups in total. The fourth-order valence-corrected chi connectivity index (χ4v) is 5.38. The number of rotatable bonds is 2. The molecule has 0 atom stereocenters. The lowest BCUT2D eigenvalue weighted by Crippen LogP contribution is -1.70. The first-order chi connectivity index (χ1) is 7.31. The predicted molar refractivity (Wildman–Crippen MR) is 66.9 cm³/mol. The second kappa shape index (κ2) is 3.54. The third kappa shape index (κ3) is 1.43. The number of aliphatic hydroxyl groups excluding tert-OH is 2. The van der Waals surface area contributed by atoms with Gasteiger partial charge in [-0.15, -0.1) is 34.0 Å². The van der Waals surface area contributed by atoms with E-state index in [1.54, 1.807) is 34.0 Å². The first-order valence-electron chi connectivity index (χ1n) is 4.47. The molecule has 3 heterocycles. The van der Waals surface area contributed by atoms with Crippen LogP contribution in [0.4, 0.5) is 0 Å². The molecule has 0 amide bonds. The molecule has 3 rings (SSSR count). The summed E-state index contributed by atoms with van der Waals surface area (Å²) >= 11 is 5.03. The Morgan fingerprint density at radius 2 is 1.27 bits per heavy atom. The van der Waals surface area contributed by atoms with Crippen LogP contribution in [0.15, 0.2) is 12.1 Å². The maximum absolute atomic E-state index is 9.06. The summed E-state index contributed by atoms with van der Waals surface area (Å²) in [5.41, 5.74) is 0. The lowest BCUT2D eigenvalue weighted by molar-refractivity contribution is 0.285. The van der Waals surface area contributed by atoms with Crippen LogP contribution in [0.25, 0.3) is 18.8 Å². The Hall–Kier alpha value is -0.460. The molecule has 0 saturated carbocycles. The van der Waals surface area contributed by atoms with Crippen molar-refractivity contribution in [2.45, 2.75) is 13.2 Å². The molecule has 0 bridgehead atoms. The Kier molecular flexibility index (Phi) is 2.30. The topological polar surface area (TPSA) is 40.5 Å². The molecular formula is C10H8O2S3. The molecule has 0 aliphatic rings. The van der Waals surface area contributed by atoms with Crippen molar-refractivity contribution in [3.05, 3.63) is 21.9 Å². The van der Waals surface area contributed by atoms with Crippen LogP contribution in [0.3, 0.4) is 0 Å². The smallest absolute Gasteiger partial charge is 0.0775 e. The highest BCUT2D eigenvalue weighted by Gasteiger charge is 2.12. The number of thiophene rings is 3. The third-order valence-corrected chi connectivity index (χ3v) is 5.98. The summed E-state index contributed by atoms with van der Waals surface area (Å²) in [6.07, 6.45) is 0. The van der Waals surface area contributed by atoms with E-state index in [-0.39, 0.29) is 13.2 Å². The van der Waals surface area contributed by atoms with E-state index >= 15 is 0 Å². The summed E-state index contributed by atoms with van der Waals surface area (Å²) in [6.45, 7) is 0.234. The third-order valence-electron chi connectivity index (χ3n) is 2.24. The summed E-state index contributed by atoms with van der Waals surface area (Å²) in [5.74, 6) is 0. The molecule has 0 radical (unpaired) electrons. The van der Waals surface area contributed by atoms with Crippen molar-refractivity contribution in [3.63, 3.8) is 0 Å². The summed E-state index contributed by atoms with van der Waals surface area (Å²) in [5, 5.41) is 18.1. The van der Waals surface area contributed by atoms with Crippen molar-refractivity contribution < 1.29 is 10.2 Å². The number of aliphatic hydroxyl groups is 2. The van der Waals surface area contributed by atoms with Crippen molar-refractivity contribution in [1.29, 1.82) is 0 Å². The maximum atomic E-state index is 9.06. The minimum absolute atomic E-state index is 0.117. The summed E-state index contributed by atoms with van der Waals surface area (Å²) in [4.78, 5) is 2.02. The van der Waals surface area contributed by atoms with Gasteiger partial charge in [-0.3, -0.25) is 0 Å². The first-order valence-corrected chi connectivity index (χ1v) is 6.92. The zero-order valence-corrected chi connectivity index (χ0v) is 10.1. The molecule has 0 unspecified atom stereocenters. The Morgan fingerprint density at radius 3 is 1.67 bits per heavy atom. The molecule has 3 aromatic heterocycles. The molecule has 0 fully saturated rings. The summed E-state index contributed by atoms with van der Waals surface area (Å²) in [6, 6.07) is 4.10. The van der Waals surface area contributed by atoms with Crippen LogP contribution in [0.2, 0.25) is 0 Å². The maximum Gasteiger partial charge on any atom is 0.0775 e. The molecule has 78 valence electrons. The van der Waals surface area contributed by atoms with Crippen LogP contribution in [-0.4, -0.2) is 10.2 Å². The fraction of sp³-hybridized carbons (Fsp3) is 0.200. The van der Waals surface area contributed by atoms with Crippen LogP contribution < -0.4 is 0 Å². The number of hydrogen-bond donors (Lipinski definition) is 2. The van der Waals surface area contributed by atoms with E-state index in [9.17, 15) is 0 Å². The molecular weight excluding hydrogens is 248 g/mol. The Balaban J connectivity index is 2.32. The van der Waals surface area contributed by atoms with Gasteiger partial charge >= 0.3 is 0 Å². The van der Waals surface area contributed by atoms with Gasteiger partial charge < -0.3 is 10.2 Å². The molecule has 0 aliphatic carbocycles. The lowest BCUT2D eigenvalue weighted by Gasteiger charge is -1.82. The van der Waals surface area contributed by atoms with Gasteiger partial charge in [0.15, 0.2) is 0 Å². The second-order valence-corrected chi connectivity index (χ2v) is 6.59. The van der Waals surface area contributed by atoms with Gasteiger partial charge in [-0.2, -0.15) is 0 Å². The Bertz CT molecular complexity index is 564. The van der Waals surface area contributed by atoms with Crippen molar-refractivity contribution in [1.82, 2.24) is 0 Å². The van der Waals surface area contributed by atoms with E-state index in [0.717, 1.165) is 9.75 Å². The van der Waals surface area contributed by atoms with E-state index in [1.165, 1.54) is 18.8 Å². The highest BCUT2D eigenvalue weighted by molar-refractivity contribution is 7.38. The SMILES string of the molecule is OCc1cc2sc3cc(CO)sc3c2s1. The quantitative estimate of drug-likeness (QED) is 0.739. The van der Waals surface area contributed by atoms with Crippen LogP contribution in [0.5, 0.6) is 0 Å². The second-order valence-electron chi connectivity index (χ2n) is 3.23. The van der Waals surface area contributed by atoms with Crippen LogP contribution in [-0.2, 0) is 13.2 Å². The largest absolute Gasteiger partial charge is 0.391 e. The molecule has 2 nitrogen and oxygen atoms in total. The fourth-order valence-electron chi connectivity index (χ4n) is 1.59. The number of fused-ring (bicyclic) bond motifs is 3. The average Bonchev–Trinajstić information content (AvgIpc) is 2.85. The zero-order chi connectivity index (χ0) is 10.4. The van der Waals surface area contributed by atoms with Gasteiger partial charge in [-0.1, -0.05) is 0 Å². The predicted octanol–water partition coefficient (Wildman–Crippen LogP) is 3.16. The van der Waals surface area contributed by atoms with E-state index in [4.69, 9.17) is 10.2 Å². The molecule has 15 heavy (non-hydrogen) atoms. The van der Waals surface area contributed by atoms with E-state index in [0.29, 0.717) is 0 Å². The molecule has 0 saturated heterocycles. The highest BCUT2D eigenvalue weighted by atomic mass is 32.1. The van der Waals surface area contributed by atoms with Crippen LogP contribution >= 0.6 is 34.0 Å². The van der Waals surface area contributed by atoms with Crippen molar-refractivity contribution >= 4 is 52.8 Å². The van der Waals surface area contributed by atoms with Gasteiger partial charge in [0.25, 0.3) is 0 Å². The number of hydrogen-bond acceptors (Lipinski definition) is 5. The first kappa shape index (κ1) is 9.74. The minimum Gasteiger partial charge on any atom is -0.391 e. The van der Waals surface area contributed by atoms with Crippen LogP contribution in [0, 0.1) is 0 Å². The van der Waals surface area contributed by atoms with E-state index in [1.807, 2.05) is 0 Å². The standard InChI is InChI=1S/C10H8O2S3/c11-3-5-1-7-9(13-5)10-8(15-7)2-6(4-12)14-10/h1-2,11-12H,3-4H2. The molecule has 0 aromatic carbocycles. The monoisotopic (exact) mass is 256 g/mol. The minimum atomic E-state index is 0.117. The summed E-state index contributed by atoms with van der Waals surface area (Å²) < 4.78 is 5.00. The van der Waals surface area contributed by atoms with Crippen molar-refractivity contribution in [2.75, 3.05) is 0 Å². The lowest BCUT2D eigenvalue weighted by atomic mass is 10.4. The van der Waals surface area contributed by atoms with Gasteiger partial charge in [0.05, 0.1) is 22.6 Å².